The van der Waals surface area contributed by atoms with E-state index in [-0.39, 0.29) is 6.54 Å². The molecule has 1 heterocycles. The number of hydrogen-bond donors (Lipinski definition) is 1. The second kappa shape index (κ2) is 4.98. The molecule has 106 valence electrons. The summed E-state index contributed by atoms with van der Waals surface area (Å²) in [6, 6.07) is 5.49. The summed E-state index contributed by atoms with van der Waals surface area (Å²) < 4.78 is 36.5. The van der Waals surface area contributed by atoms with Gasteiger partial charge < -0.3 is 10.1 Å². The number of nitro groups is 1. The molecule has 0 unspecified atom stereocenters. The zero-order valence-electron chi connectivity index (χ0n) is 9.93. The van der Waals surface area contributed by atoms with E-state index < -0.39 is 31.5 Å². The van der Waals surface area contributed by atoms with Gasteiger partial charge in [0.05, 0.1) is 17.8 Å². The van der Waals surface area contributed by atoms with Crippen LogP contribution in [0.5, 0.6) is 0 Å². The summed E-state index contributed by atoms with van der Waals surface area (Å²) in [5, 5.41) is 19.2. The topological polar surface area (TPSA) is 121 Å². The monoisotopic (exact) mass is 300 g/mol. The zero-order chi connectivity index (χ0) is 14.9. The molecular weight excluding hydrogens is 291 g/mol. The van der Waals surface area contributed by atoms with Crippen molar-refractivity contribution < 1.29 is 17.7 Å². The summed E-state index contributed by atoms with van der Waals surface area (Å²) in [6.07, 6.45) is 0.943. The molecule has 0 saturated carbocycles. The second-order valence-electron chi connectivity index (χ2n) is 3.95. The maximum absolute atomic E-state index is 13.0. The number of hydrogen-bond acceptors (Lipinski definition) is 5. The fraction of sp³-hybridized carbons (Fsp3) is 0.100. The van der Waals surface area contributed by atoms with E-state index in [4.69, 9.17) is 5.14 Å². The molecule has 0 saturated heterocycles. The van der Waals surface area contributed by atoms with Crippen molar-refractivity contribution in [2.75, 3.05) is 0 Å². The van der Waals surface area contributed by atoms with Crippen molar-refractivity contribution in [3.05, 3.63) is 52.0 Å². The summed E-state index contributed by atoms with van der Waals surface area (Å²) in [5.74, 6) is -1.33. The molecule has 20 heavy (non-hydrogen) atoms. The fourth-order valence-corrected chi connectivity index (χ4v) is 2.26. The molecule has 2 N–H and O–H groups in total. The molecule has 0 amide bonds. The molecule has 0 bridgehead atoms. The van der Waals surface area contributed by atoms with Gasteiger partial charge in [-0.2, -0.15) is 4.68 Å². The molecular formula is C10H9FN4O4S. The lowest BCUT2D eigenvalue weighted by atomic mass is 10.2. The Morgan fingerprint density at radius 3 is 2.65 bits per heavy atom. The van der Waals surface area contributed by atoms with Gasteiger partial charge in [-0.25, -0.2) is 17.9 Å². The minimum absolute atomic E-state index is 0.0197. The van der Waals surface area contributed by atoms with Gasteiger partial charge in [-0.3, -0.25) is 0 Å². The van der Waals surface area contributed by atoms with Gasteiger partial charge in [-0.05, 0) is 22.6 Å². The molecule has 0 atom stereocenters. The Hall–Kier alpha value is -2.33. The Balaban J connectivity index is 2.42. The lowest BCUT2D eigenvalue weighted by molar-refractivity contribution is -0.392. The summed E-state index contributed by atoms with van der Waals surface area (Å²) >= 11 is 0. The third-order valence-electron chi connectivity index (χ3n) is 2.42. The van der Waals surface area contributed by atoms with Crippen LogP contribution in [0.1, 0.15) is 5.56 Å². The highest BCUT2D eigenvalue weighted by molar-refractivity contribution is 7.89. The minimum Gasteiger partial charge on any atom is -0.358 e. The molecule has 10 heteroatoms. The molecule has 0 aliphatic rings. The first-order valence-corrected chi connectivity index (χ1v) is 6.81. The quantitative estimate of drug-likeness (QED) is 0.655. The zero-order valence-corrected chi connectivity index (χ0v) is 10.7. The predicted octanol–water partition coefficient (Wildman–Crippen LogP) is 0.626. The van der Waals surface area contributed by atoms with Gasteiger partial charge in [0.2, 0.25) is 14.9 Å². The number of nitrogens with zero attached hydrogens (tertiary/aromatic N) is 3. The van der Waals surface area contributed by atoms with Gasteiger partial charge in [0, 0.05) is 0 Å². The van der Waals surface area contributed by atoms with E-state index >= 15 is 0 Å². The van der Waals surface area contributed by atoms with Gasteiger partial charge in [0.25, 0.3) is 0 Å². The van der Waals surface area contributed by atoms with Gasteiger partial charge in [0.15, 0.2) is 0 Å². The highest BCUT2D eigenvalue weighted by atomic mass is 32.2. The van der Waals surface area contributed by atoms with Crippen LogP contribution in [-0.4, -0.2) is 23.1 Å². The highest BCUT2D eigenvalue weighted by Crippen LogP contribution is 2.20. The van der Waals surface area contributed by atoms with Crippen molar-refractivity contribution >= 4 is 15.8 Å². The van der Waals surface area contributed by atoms with Crippen LogP contribution in [0.2, 0.25) is 0 Å². The van der Waals surface area contributed by atoms with Crippen molar-refractivity contribution in [2.45, 2.75) is 11.4 Å². The average Bonchev–Trinajstić information content (AvgIpc) is 2.73. The standard InChI is InChI=1S/C10H9FN4O4S/c11-8-3-1-2-7(4-8)5-14-6-9(20(12,18)19)10(13-14)15(16)17/h1-4,6H,5H2,(H2,12,18,19). The third-order valence-corrected chi connectivity index (χ3v) is 3.32. The lowest BCUT2D eigenvalue weighted by Crippen LogP contribution is -2.13. The van der Waals surface area contributed by atoms with Gasteiger partial charge in [-0.15, -0.1) is 0 Å². The van der Waals surface area contributed by atoms with E-state index in [1.54, 1.807) is 6.07 Å². The highest BCUT2D eigenvalue weighted by Gasteiger charge is 2.28. The van der Waals surface area contributed by atoms with E-state index in [2.05, 4.69) is 5.10 Å². The smallest absolute Gasteiger partial charge is 0.358 e. The number of sulfonamides is 1. The maximum Gasteiger partial charge on any atom is 0.410 e. The summed E-state index contributed by atoms with van der Waals surface area (Å²) in [5.41, 5.74) is 0.475. The Morgan fingerprint density at radius 2 is 2.15 bits per heavy atom. The molecule has 0 aliphatic heterocycles. The van der Waals surface area contributed by atoms with Crippen LogP contribution >= 0.6 is 0 Å². The number of aromatic nitrogens is 2. The van der Waals surface area contributed by atoms with E-state index in [1.165, 1.54) is 18.2 Å². The Morgan fingerprint density at radius 1 is 1.45 bits per heavy atom. The Bertz CT molecular complexity index is 771. The van der Waals surface area contributed by atoms with Crippen LogP contribution in [0, 0.1) is 15.9 Å². The number of nitrogens with two attached hydrogens (primary N) is 1. The van der Waals surface area contributed by atoms with Crippen molar-refractivity contribution in [1.82, 2.24) is 9.78 Å². The molecule has 2 aromatic rings. The predicted molar refractivity (Wildman–Crippen MR) is 65.8 cm³/mol. The summed E-state index contributed by atoms with van der Waals surface area (Å²) in [6.45, 7) is -0.0197. The Kier molecular flexibility index (Phi) is 3.51. The molecule has 2 rings (SSSR count). The second-order valence-corrected chi connectivity index (χ2v) is 5.48. The molecule has 1 aromatic carbocycles. The van der Waals surface area contributed by atoms with Crippen LogP contribution in [-0.2, 0) is 16.6 Å². The summed E-state index contributed by atoms with van der Waals surface area (Å²) in [7, 11) is -4.26. The van der Waals surface area contributed by atoms with Crippen molar-refractivity contribution in [1.29, 1.82) is 0 Å². The SMILES string of the molecule is NS(=O)(=O)c1cn(Cc2cccc(F)c2)nc1[N+](=O)[O-]. The Labute approximate surface area is 112 Å². The first kappa shape index (κ1) is 14.1. The fourth-order valence-electron chi connectivity index (χ4n) is 1.62. The molecule has 0 fully saturated rings. The van der Waals surface area contributed by atoms with E-state index in [0.717, 1.165) is 10.9 Å². The largest absolute Gasteiger partial charge is 0.410 e. The van der Waals surface area contributed by atoms with Crippen LogP contribution in [0.25, 0.3) is 0 Å². The van der Waals surface area contributed by atoms with Crippen molar-refractivity contribution in [3.63, 3.8) is 0 Å². The van der Waals surface area contributed by atoms with Crippen LogP contribution in [0.15, 0.2) is 35.4 Å². The van der Waals surface area contributed by atoms with Crippen LogP contribution < -0.4 is 5.14 Å². The maximum atomic E-state index is 13.0. The van der Waals surface area contributed by atoms with Crippen molar-refractivity contribution in [2.24, 2.45) is 5.14 Å². The first-order chi connectivity index (χ1) is 9.27. The van der Waals surface area contributed by atoms with Gasteiger partial charge >= 0.3 is 5.82 Å². The molecule has 0 spiro atoms. The van der Waals surface area contributed by atoms with Gasteiger partial charge in [0.1, 0.15) is 5.82 Å². The first-order valence-electron chi connectivity index (χ1n) is 5.26. The van der Waals surface area contributed by atoms with Crippen LogP contribution in [0.3, 0.4) is 0 Å². The number of rotatable bonds is 4. The van der Waals surface area contributed by atoms with E-state index in [9.17, 15) is 22.9 Å². The molecule has 8 nitrogen and oxygen atoms in total. The van der Waals surface area contributed by atoms with Crippen LogP contribution in [0.4, 0.5) is 10.2 Å². The number of benzene rings is 1. The number of primary sulfonamides is 1. The minimum atomic E-state index is -4.26. The molecule has 1 aromatic heterocycles. The average molecular weight is 300 g/mol. The molecule has 0 radical (unpaired) electrons. The van der Waals surface area contributed by atoms with E-state index in [0.29, 0.717) is 5.56 Å². The number of halogens is 1. The third kappa shape index (κ3) is 2.97. The van der Waals surface area contributed by atoms with Crippen molar-refractivity contribution in [3.8, 4) is 0 Å². The lowest BCUT2D eigenvalue weighted by Gasteiger charge is -1.97. The van der Waals surface area contributed by atoms with Gasteiger partial charge in [-0.1, -0.05) is 12.1 Å². The molecule has 0 aliphatic carbocycles. The van der Waals surface area contributed by atoms with E-state index in [1.807, 2.05) is 0 Å². The summed E-state index contributed by atoms with van der Waals surface area (Å²) in [4.78, 5) is 9.11. The normalized spacial score (nSPS) is 11.5.